The van der Waals surface area contributed by atoms with Crippen molar-refractivity contribution in [1.82, 2.24) is 5.32 Å². The molecule has 0 aliphatic carbocycles. The van der Waals surface area contributed by atoms with Crippen molar-refractivity contribution in [3.63, 3.8) is 0 Å². The molecule has 1 heterocycles. The van der Waals surface area contributed by atoms with Gasteiger partial charge in [0.15, 0.2) is 11.2 Å². The third-order valence-corrected chi connectivity index (χ3v) is 5.05. The molecule has 1 fully saturated rings. The number of ether oxygens (including phenoxy) is 2. The van der Waals surface area contributed by atoms with E-state index in [1.807, 2.05) is 0 Å². The normalized spacial score (nSPS) is 20.4. The number of rotatable bonds is 8. The van der Waals surface area contributed by atoms with E-state index in [0.29, 0.717) is 17.8 Å². The molecule has 2 rings (SSSR count). The largest absolute Gasteiger partial charge is 0.458 e. The van der Waals surface area contributed by atoms with Crippen LogP contribution in [0.4, 0.5) is 5.69 Å². The van der Waals surface area contributed by atoms with Crippen LogP contribution in [0.15, 0.2) is 29.4 Å². The molecule has 1 unspecified atom stereocenters. The molecule has 1 saturated heterocycles. The number of thioether (sulfide) groups is 1. The predicted octanol–water partition coefficient (Wildman–Crippen LogP) is 1.19. The summed E-state index contributed by atoms with van der Waals surface area (Å²) in [6.45, 7) is 2.95. The Labute approximate surface area is 176 Å². The smallest absolute Gasteiger partial charge is 0.347 e. The molecule has 1 aliphatic heterocycles. The van der Waals surface area contributed by atoms with Gasteiger partial charge in [-0.3, -0.25) is 20.2 Å². The number of nitrogens with zero attached hydrogens (tertiary/aromatic N) is 2. The Morgan fingerprint density at radius 1 is 1.33 bits per heavy atom. The van der Waals surface area contributed by atoms with E-state index in [4.69, 9.17) is 14.3 Å². The number of carbonyl (C=O) groups excluding carboxylic acids is 3. The first-order chi connectivity index (χ1) is 14.2. The van der Waals surface area contributed by atoms with Crippen molar-refractivity contribution in [2.45, 2.75) is 37.9 Å². The lowest BCUT2D eigenvalue weighted by Crippen LogP contribution is -2.41. The second-order valence-corrected chi connectivity index (χ2v) is 7.63. The first-order valence-electron chi connectivity index (χ1n) is 8.85. The standard InChI is InChI=1S/C18H21N3O8S/c1-10(17(23)28-9-12-4-6-13(7-5-12)21(25)26)29-18(24)16-15(20-27-3)14(8-19-16)30-11(2)22/h4-7,10,14,16,19H,8-9H2,1-3H3/t10?,14-,16-/m0/s1. The Hall–Kier alpha value is -2.99. The molecule has 12 heteroatoms. The first-order valence-corrected chi connectivity index (χ1v) is 9.73. The van der Waals surface area contributed by atoms with Crippen molar-refractivity contribution >= 4 is 40.2 Å². The lowest BCUT2D eigenvalue weighted by atomic mass is 10.2. The highest BCUT2D eigenvalue weighted by atomic mass is 32.2. The zero-order valence-electron chi connectivity index (χ0n) is 16.5. The summed E-state index contributed by atoms with van der Waals surface area (Å²) in [5, 5.41) is 16.8. The topological polar surface area (TPSA) is 146 Å². The van der Waals surface area contributed by atoms with Gasteiger partial charge in [0.05, 0.1) is 10.2 Å². The van der Waals surface area contributed by atoms with Gasteiger partial charge < -0.3 is 14.3 Å². The first kappa shape index (κ1) is 23.3. The van der Waals surface area contributed by atoms with Gasteiger partial charge in [-0.15, -0.1) is 0 Å². The second-order valence-electron chi connectivity index (χ2n) is 6.25. The van der Waals surface area contributed by atoms with Crippen LogP contribution in [0.2, 0.25) is 0 Å². The number of hydrogen-bond acceptors (Lipinski definition) is 11. The fourth-order valence-corrected chi connectivity index (χ4v) is 3.50. The molecule has 3 atom stereocenters. The van der Waals surface area contributed by atoms with Gasteiger partial charge in [-0.1, -0.05) is 16.9 Å². The van der Waals surface area contributed by atoms with E-state index < -0.39 is 29.0 Å². The number of carbonyl (C=O) groups is 3. The molecule has 1 aromatic carbocycles. The molecule has 0 radical (unpaired) electrons. The number of hydrogen-bond donors (Lipinski definition) is 1. The lowest BCUT2D eigenvalue weighted by Gasteiger charge is -2.16. The molecule has 0 saturated carbocycles. The van der Waals surface area contributed by atoms with Gasteiger partial charge in [-0.25, -0.2) is 9.59 Å². The number of benzene rings is 1. The number of nitro benzene ring substituents is 1. The summed E-state index contributed by atoms with van der Waals surface area (Å²) in [5.74, 6) is -1.53. The minimum atomic E-state index is -1.19. The highest BCUT2D eigenvalue weighted by Crippen LogP contribution is 2.21. The SMILES string of the molecule is CON=C1[C@@H](C(=O)OC(C)C(=O)OCc2ccc([N+](=O)[O-])cc2)NC[C@@H]1SC(C)=O. The van der Waals surface area contributed by atoms with Crippen molar-refractivity contribution in [1.29, 1.82) is 0 Å². The summed E-state index contributed by atoms with van der Waals surface area (Å²) in [4.78, 5) is 50.8. The number of oxime groups is 1. The summed E-state index contributed by atoms with van der Waals surface area (Å²) in [6, 6.07) is 4.57. The van der Waals surface area contributed by atoms with E-state index >= 15 is 0 Å². The molecule has 0 aromatic heterocycles. The summed E-state index contributed by atoms with van der Waals surface area (Å²) in [6.07, 6.45) is -1.19. The minimum Gasteiger partial charge on any atom is -0.458 e. The van der Waals surface area contributed by atoms with Crippen LogP contribution >= 0.6 is 11.8 Å². The summed E-state index contributed by atoms with van der Waals surface area (Å²) >= 11 is 1.01. The lowest BCUT2D eigenvalue weighted by molar-refractivity contribution is -0.384. The Kier molecular flexibility index (Phi) is 8.30. The van der Waals surface area contributed by atoms with E-state index in [9.17, 15) is 24.5 Å². The third kappa shape index (κ3) is 6.26. The zero-order chi connectivity index (χ0) is 22.3. The van der Waals surface area contributed by atoms with Crippen LogP contribution in [0.3, 0.4) is 0 Å². The van der Waals surface area contributed by atoms with Gasteiger partial charge in [0, 0.05) is 25.6 Å². The monoisotopic (exact) mass is 439 g/mol. The van der Waals surface area contributed by atoms with Gasteiger partial charge in [0.25, 0.3) is 5.69 Å². The molecule has 30 heavy (non-hydrogen) atoms. The molecular formula is C18H21N3O8S. The number of esters is 2. The van der Waals surface area contributed by atoms with E-state index in [2.05, 4.69) is 10.5 Å². The number of nitro groups is 1. The molecule has 1 aromatic rings. The maximum atomic E-state index is 12.5. The average Bonchev–Trinajstić information content (AvgIpc) is 3.08. The molecule has 0 bridgehead atoms. The fourth-order valence-electron chi connectivity index (χ4n) is 2.62. The van der Waals surface area contributed by atoms with Crippen molar-refractivity contribution in [3.05, 3.63) is 39.9 Å². The van der Waals surface area contributed by atoms with Crippen LogP contribution in [0, 0.1) is 10.1 Å². The van der Waals surface area contributed by atoms with E-state index in [1.54, 1.807) is 0 Å². The quantitative estimate of drug-likeness (QED) is 0.356. The highest BCUT2D eigenvalue weighted by molar-refractivity contribution is 8.14. The predicted molar refractivity (Wildman–Crippen MR) is 107 cm³/mol. The van der Waals surface area contributed by atoms with Crippen molar-refractivity contribution in [2.24, 2.45) is 5.16 Å². The van der Waals surface area contributed by atoms with Crippen LogP contribution in [-0.4, -0.2) is 58.7 Å². The molecule has 1 N–H and O–H groups in total. The Bertz CT molecular complexity index is 842. The van der Waals surface area contributed by atoms with Crippen LogP contribution in [0.5, 0.6) is 0 Å². The van der Waals surface area contributed by atoms with Gasteiger partial charge in [-0.05, 0) is 24.6 Å². The molecule has 0 spiro atoms. The van der Waals surface area contributed by atoms with Crippen LogP contribution in [0.1, 0.15) is 19.4 Å². The maximum absolute atomic E-state index is 12.5. The minimum absolute atomic E-state index is 0.0776. The van der Waals surface area contributed by atoms with Gasteiger partial charge in [-0.2, -0.15) is 0 Å². The zero-order valence-corrected chi connectivity index (χ0v) is 17.3. The van der Waals surface area contributed by atoms with E-state index in [1.165, 1.54) is 45.2 Å². The van der Waals surface area contributed by atoms with Gasteiger partial charge in [0.1, 0.15) is 25.5 Å². The summed E-state index contributed by atoms with van der Waals surface area (Å²) in [7, 11) is 1.32. The maximum Gasteiger partial charge on any atom is 0.347 e. The van der Waals surface area contributed by atoms with Gasteiger partial charge in [0.2, 0.25) is 0 Å². The summed E-state index contributed by atoms with van der Waals surface area (Å²) < 4.78 is 10.3. The van der Waals surface area contributed by atoms with Crippen molar-refractivity contribution < 1.29 is 33.6 Å². The number of non-ortho nitro benzene ring substituents is 1. The molecular weight excluding hydrogens is 418 g/mol. The van der Waals surface area contributed by atoms with Crippen LogP contribution in [-0.2, 0) is 35.3 Å². The van der Waals surface area contributed by atoms with E-state index in [0.717, 1.165) is 11.8 Å². The van der Waals surface area contributed by atoms with Gasteiger partial charge >= 0.3 is 11.9 Å². The van der Waals surface area contributed by atoms with E-state index in [-0.39, 0.29) is 22.7 Å². The van der Waals surface area contributed by atoms with Crippen molar-refractivity contribution in [3.8, 4) is 0 Å². The molecule has 0 amide bonds. The Morgan fingerprint density at radius 3 is 2.57 bits per heavy atom. The summed E-state index contributed by atoms with van der Waals surface area (Å²) in [5.41, 5.74) is 0.768. The van der Waals surface area contributed by atoms with Crippen LogP contribution < -0.4 is 5.32 Å². The second kappa shape index (κ2) is 10.7. The molecule has 162 valence electrons. The highest BCUT2D eigenvalue weighted by Gasteiger charge is 2.40. The third-order valence-electron chi connectivity index (χ3n) is 4.03. The Morgan fingerprint density at radius 2 is 2.00 bits per heavy atom. The number of nitrogens with one attached hydrogen (secondary N) is 1. The fraction of sp³-hybridized carbons (Fsp3) is 0.444. The van der Waals surface area contributed by atoms with Crippen molar-refractivity contribution in [2.75, 3.05) is 13.7 Å². The molecule has 11 nitrogen and oxygen atoms in total. The average molecular weight is 439 g/mol. The van der Waals surface area contributed by atoms with Crippen LogP contribution in [0.25, 0.3) is 0 Å². The Balaban J connectivity index is 1.90. The molecule has 1 aliphatic rings.